The van der Waals surface area contributed by atoms with Crippen LogP contribution in [-0.4, -0.2) is 21.9 Å². The largest absolute Gasteiger partial charge is 0.330 e. The van der Waals surface area contributed by atoms with Crippen LogP contribution in [0.1, 0.15) is 24.2 Å². The molecule has 3 nitrogen and oxygen atoms in total. The van der Waals surface area contributed by atoms with Crippen LogP contribution in [0, 0.1) is 6.92 Å². The molecule has 0 unspecified atom stereocenters. The van der Waals surface area contributed by atoms with Crippen molar-refractivity contribution in [3.8, 4) is 0 Å². The van der Waals surface area contributed by atoms with Gasteiger partial charge in [0, 0.05) is 36.4 Å². The summed E-state index contributed by atoms with van der Waals surface area (Å²) < 4.78 is 28.3. The lowest BCUT2D eigenvalue weighted by Crippen LogP contribution is -2.54. The molecule has 0 bridgehead atoms. The number of nitrogens with zero attached hydrogens (tertiary/aromatic N) is 2. The van der Waals surface area contributed by atoms with Crippen molar-refractivity contribution in [2.45, 2.75) is 31.1 Å². The average Bonchev–Trinajstić information content (AvgIpc) is 2.73. The third kappa shape index (κ3) is 1.43. The van der Waals surface area contributed by atoms with Gasteiger partial charge in [-0.05, 0) is 6.92 Å². The maximum Gasteiger partial charge on any atom is 0.250 e. The van der Waals surface area contributed by atoms with Crippen molar-refractivity contribution >= 4 is 16.3 Å². The molecule has 2 heterocycles. The highest BCUT2D eigenvalue weighted by Crippen LogP contribution is 2.53. The van der Waals surface area contributed by atoms with E-state index in [1.807, 2.05) is 22.9 Å². The Morgan fingerprint density at radius 3 is 2.82 bits per heavy atom. The SMILES string of the molecule is Cc1nc2sccn2c1C1(CN)CC(F)(F)C1. The summed E-state index contributed by atoms with van der Waals surface area (Å²) in [4.78, 5) is 5.25. The first-order chi connectivity index (χ1) is 7.97. The van der Waals surface area contributed by atoms with E-state index < -0.39 is 11.3 Å². The molecule has 17 heavy (non-hydrogen) atoms. The van der Waals surface area contributed by atoms with Gasteiger partial charge in [0.1, 0.15) is 0 Å². The summed E-state index contributed by atoms with van der Waals surface area (Å²) in [5.41, 5.74) is 6.82. The second kappa shape index (κ2) is 3.26. The number of rotatable bonds is 2. The van der Waals surface area contributed by atoms with Crippen LogP contribution in [0.3, 0.4) is 0 Å². The molecule has 3 rings (SSSR count). The minimum absolute atomic E-state index is 0.166. The number of hydrogen-bond acceptors (Lipinski definition) is 3. The Labute approximate surface area is 101 Å². The predicted molar refractivity (Wildman–Crippen MR) is 62.7 cm³/mol. The van der Waals surface area contributed by atoms with Gasteiger partial charge in [0.2, 0.25) is 5.92 Å². The lowest BCUT2D eigenvalue weighted by atomic mass is 9.63. The van der Waals surface area contributed by atoms with E-state index in [1.54, 1.807) is 0 Å². The number of aryl methyl sites for hydroxylation is 1. The Morgan fingerprint density at radius 2 is 2.24 bits per heavy atom. The highest BCUT2D eigenvalue weighted by atomic mass is 32.1. The second-order valence-corrected chi connectivity index (χ2v) is 5.67. The van der Waals surface area contributed by atoms with Crippen LogP contribution in [0.5, 0.6) is 0 Å². The van der Waals surface area contributed by atoms with Gasteiger partial charge in [-0.1, -0.05) is 0 Å². The first-order valence-electron chi connectivity index (χ1n) is 5.48. The number of halogens is 2. The molecule has 2 aromatic rings. The van der Waals surface area contributed by atoms with Gasteiger partial charge >= 0.3 is 0 Å². The summed E-state index contributed by atoms with van der Waals surface area (Å²) in [5.74, 6) is -2.58. The molecule has 92 valence electrons. The molecule has 2 aromatic heterocycles. The highest BCUT2D eigenvalue weighted by molar-refractivity contribution is 7.15. The van der Waals surface area contributed by atoms with E-state index in [1.165, 1.54) is 11.3 Å². The van der Waals surface area contributed by atoms with Gasteiger partial charge < -0.3 is 5.73 Å². The maximum atomic E-state index is 13.2. The lowest BCUT2D eigenvalue weighted by molar-refractivity contribution is -0.125. The Morgan fingerprint density at radius 1 is 1.53 bits per heavy atom. The molecule has 6 heteroatoms. The number of nitrogens with two attached hydrogens (primary N) is 1. The fourth-order valence-electron chi connectivity index (χ4n) is 2.88. The van der Waals surface area contributed by atoms with Crippen LogP contribution in [0.2, 0.25) is 0 Å². The molecule has 1 fully saturated rings. The number of hydrogen-bond donors (Lipinski definition) is 1. The van der Waals surface area contributed by atoms with Crippen molar-refractivity contribution in [3.63, 3.8) is 0 Å². The highest BCUT2D eigenvalue weighted by Gasteiger charge is 2.58. The van der Waals surface area contributed by atoms with Crippen LogP contribution in [0.25, 0.3) is 4.96 Å². The molecule has 0 aliphatic heterocycles. The summed E-state index contributed by atoms with van der Waals surface area (Å²) in [6.45, 7) is 2.11. The number of alkyl halides is 2. The van der Waals surface area contributed by atoms with Crippen molar-refractivity contribution in [2.75, 3.05) is 6.54 Å². The van der Waals surface area contributed by atoms with E-state index in [9.17, 15) is 8.78 Å². The van der Waals surface area contributed by atoms with Crippen LogP contribution >= 0.6 is 11.3 Å². The molecule has 0 amide bonds. The number of fused-ring (bicyclic) bond motifs is 1. The zero-order valence-electron chi connectivity index (χ0n) is 9.41. The van der Waals surface area contributed by atoms with Crippen LogP contribution in [0.15, 0.2) is 11.6 Å². The van der Waals surface area contributed by atoms with Crippen molar-refractivity contribution in [3.05, 3.63) is 23.0 Å². The van der Waals surface area contributed by atoms with Crippen molar-refractivity contribution in [1.82, 2.24) is 9.38 Å². The Hall–Kier alpha value is -1.01. The summed E-state index contributed by atoms with van der Waals surface area (Å²) in [6, 6.07) is 0. The summed E-state index contributed by atoms with van der Waals surface area (Å²) in [6.07, 6.45) is 1.55. The Balaban J connectivity index is 2.14. The molecule has 0 atom stereocenters. The van der Waals surface area contributed by atoms with E-state index in [0.29, 0.717) is 0 Å². The van der Waals surface area contributed by atoms with Gasteiger partial charge in [-0.25, -0.2) is 13.8 Å². The van der Waals surface area contributed by atoms with Gasteiger partial charge in [0.15, 0.2) is 4.96 Å². The molecular formula is C11H13F2N3S. The quantitative estimate of drug-likeness (QED) is 0.897. The number of aromatic nitrogens is 2. The standard InChI is InChI=1S/C11H13F2N3S/c1-7-8(16-2-3-17-9(16)15-7)10(6-14)4-11(12,13)5-10/h2-3H,4-6,14H2,1H3. The molecule has 2 N–H and O–H groups in total. The minimum atomic E-state index is -2.58. The van der Waals surface area contributed by atoms with E-state index in [-0.39, 0.29) is 19.4 Å². The molecular weight excluding hydrogens is 244 g/mol. The second-order valence-electron chi connectivity index (χ2n) is 4.80. The molecule has 1 aliphatic carbocycles. The van der Waals surface area contributed by atoms with Crippen LogP contribution < -0.4 is 5.73 Å². The number of thiazole rings is 1. The van der Waals surface area contributed by atoms with E-state index in [4.69, 9.17) is 5.73 Å². The summed E-state index contributed by atoms with van der Waals surface area (Å²) >= 11 is 1.51. The average molecular weight is 257 g/mol. The monoisotopic (exact) mass is 257 g/mol. The zero-order valence-corrected chi connectivity index (χ0v) is 10.2. The van der Waals surface area contributed by atoms with Crippen LogP contribution in [-0.2, 0) is 5.41 Å². The predicted octanol–water partition coefficient (Wildman–Crippen LogP) is 2.33. The van der Waals surface area contributed by atoms with Gasteiger partial charge in [-0.2, -0.15) is 0 Å². The Bertz CT molecular complexity index is 564. The smallest absolute Gasteiger partial charge is 0.250 e. The van der Waals surface area contributed by atoms with Gasteiger partial charge in [0.25, 0.3) is 0 Å². The Kier molecular flexibility index (Phi) is 2.13. The first-order valence-corrected chi connectivity index (χ1v) is 6.36. The van der Waals surface area contributed by atoms with E-state index in [0.717, 1.165) is 16.3 Å². The summed E-state index contributed by atoms with van der Waals surface area (Å²) in [5, 5.41) is 1.91. The topological polar surface area (TPSA) is 43.3 Å². The molecule has 1 aliphatic rings. The molecule has 0 spiro atoms. The van der Waals surface area contributed by atoms with Gasteiger partial charge in [-0.15, -0.1) is 11.3 Å². The molecule has 0 saturated heterocycles. The maximum absolute atomic E-state index is 13.2. The third-order valence-electron chi connectivity index (χ3n) is 3.52. The van der Waals surface area contributed by atoms with Gasteiger partial charge in [0.05, 0.1) is 11.4 Å². The normalized spacial score (nSPS) is 21.6. The first kappa shape index (κ1) is 11.1. The fourth-order valence-corrected chi connectivity index (χ4v) is 3.64. The summed E-state index contributed by atoms with van der Waals surface area (Å²) in [7, 11) is 0. The van der Waals surface area contributed by atoms with Crippen molar-refractivity contribution in [2.24, 2.45) is 5.73 Å². The van der Waals surface area contributed by atoms with Crippen LogP contribution in [0.4, 0.5) is 8.78 Å². The zero-order chi connectivity index (χ0) is 12.3. The molecule has 1 saturated carbocycles. The lowest BCUT2D eigenvalue weighted by Gasteiger charge is -2.46. The van der Waals surface area contributed by atoms with E-state index >= 15 is 0 Å². The van der Waals surface area contributed by atoms with Crippen molar-refractivity contribution < 1.29 is 8.78 Å². The molecule has 0 aromatic carbocycles. The molecule has 0 radical (unpaired) electrons. The van der Waals surface area contributed by atoms with Gasteiger partial charge in [-0.3, -0.25) is 4.40 Å². The third-order valence-corrected chi connectivity index (χ3v) is 4.28. The van der Waals surface area contributed by atoms with Crippen molar-refractivity contribution in [1.29, 1.82) is 0 Å². The van der Waals surface area contributed by atoms with E-state index in [2.05, 4.69) is 4.98 Å². The number of imidazole rings is 1. The fraction of sp³-hybridized carbons (Fsp3) is 0.545. The minimum Gasteiger partial charge on any atom is -0.330 e.